The summed E-state index contributed by atoms with van der Waals surface area (Å²) in [7, 11) is 0. The van der Waals surface area contributed by atoms with E-state index < -0.39 is 5.91 Å². The maximum atomic E-state index is 11.9. The molecule has 0 atom stereocenters. The first-order valence-electron chi connectivity index (χ1n) is 6.74. The average molecular weight is 356 g/mol. The average Bonchev–Trinajstić information content (AvgIpc) is 2.90. The van der Waals surface area contributed by atoms with Crippen molar-refractivity contribution < 1.29 is 14.3 Å². The van der Waals surface area contributed by atoms with Gasteiger partial charge >= 0.3 is 5.97 Å². The van der Waals surface area contributed by atoms with Crippen LogP contribution in [0.25, 0.3) is 0 Å². The summed E-state index contributed by atoms with van der Waals surface area (Å²) in [5.41, 5.74) is 0.190. The fraction of sp³-hybridized carbons (Fsp3) is 0.286. The lowest BCUT2D eigenvalue weighted by Crippen LogP contribution is -2.26. The molecule has 0 aromatic carbocycles. The minimum absolute atomic E-state index is 0.0496. The number of rotatable bonds is 6. The first-order valence-corrected chi connectivity index (χ1v) is 7.99. The zero-order chi connectivity index (χ0) is 16.8. The molecule has 0 fully saturated rings. The number of nitrogens with zero attached hydrogens (tertiary/aromatic N) is 2. The molecule has 0 aliphatic rings. The van der Waals surface area contributed by atoms with Gasteiger partial charge in [0, 0.05) is 17.6 Å². The number of carbonyl (C=O) groups excluding carboxylic acids is 2. The van der Waals surface area contributed by atoms with Crippen LogP contribution < -0.4 is 10.9 Å². The highest BCUT2D eigenvalue weighted by molar-refractivity contribution is 7.13. The number of hydrogen-bond donors (Lipinski definition) is 1. The van der Waals surface area contributed by atoms with Gasteiger partial charge in [0.1, 0.15) is 6.54 Å². The van der Waals surface area contributed by atoms with Crippen LogP contribution in [-0.4, -0.2) is 28.0 Å². The third-order valence-electron chi connectivity index (χ3n) is 2.69. The first-order chi connectivity index (χ1) is 11.0. The minimum Gasteiger partial charge on any atom is -0.466 e. The van der Waals surface area contributed by atoms with E-state index in [1.165, 1.54) is 34.2 Å². The van der Waals surface area contributed by atoms with Gasteiger partial charge in [0.25, 0.3) is 5.56 Å². The van der Waals surface area contributed by atoms with E-state index in [9.17, 15) is 14.4 Å². The summed E-state index contributed by atoms with van der Waals surface area (Å²) in [4.78, 5) is 39.0. The Morgan fingerprint density at radius 2 is 2.22 bits per heavy atom. The topological polar surface area (TPSA) is 90.3 Å². The molecule has 2 heterocycles. The maximum Gasteiger partial charge on any atom is 0.311 e. The van der Waals surface area contributed by atoms with Gasteiger partial charge < -0.3 is 14.6 Å². The predicted octanol–water partition coefficient (Wildman–Crippen LogP) is 1.70. The summed E-state index contributed by atoms with van der Waals surface area (Å²) in [5.74, 6) is -0.785. The Kier molecular flexibility index (Phi) is 5.89. The molecule has 0 spiro atoms. The van der Waals surface area contributed by atoms with Gasteiger partial charge in [0.15, 0.2) is 5.13 Å². The van der Waals surface area contributed by atoms with Crippen LogP contribution in [0.1, 0.15) is 12.6 Å². The van der Waals surface area contributed by atoms with Crippen LogP contribution in [0.15, 0.2) is 28.5 Å². The van der Waals surface area contributed by atoms with Gasteiger partial charge in [0.05, 0.1) is 23.7 Å². The van der Waals surface area contributed by atoms with Crippen LogP contribution in [0.5, 0.6) is 0 Å². The largest absolute Gasteiger partial charge is 0.466 e. The van der Waals surface area contributed by atoms with Crippen LogP contribution in [-0.2, 0) is 27.3 Å². The zero-order valence-electron chi connectivity index (χ0n) is 12.2. The van der Waals surface area contributed by atoms with Gasteiger partial charge in [-0.2, -0.15) is 0 Å². The molecular formula is C14H14ClN3O4S. The van der Waals surface area contributed by atoms with Crippen molar-refractivity contribution in [3.05, 3.63) is 44.8 Å². The van der Waals surface area contributed by atoms with E-state index in [1.54, 1.807) is 12.3 Å². The third-order valence-corrected chi connectivity index (χ3v) is 3.72. The van der Waals surface area contributed by atoms with E-state index >= 15 is 0 Å². The van der Waals surface area contributed by atoms with Crippen molar-refractivity contribution in [2.24, 2.45) is 0 Å². The maximum absolute atomic E-state index is 11.9. The number of thiazole rings is 1. The molecule has 1 N–H and O–H groups in total. The molecular weight excluding hydrogens is 342 g/mol. The number of ether oxygens (including phenoxy) is 1. The Labute approximate surface area is 140 Å². The van der Waals surface area contributed by atoms with Crippen molar-refractivity contribution in [2.75, 3.05) is 11.9 Å². The molecule has 23 heavy (non-hydrogen) atoms. The van der Waals surface area contributed by atoms with Crippen molar-refractivity contribution in [3.8, 4) is 0 Å². The van der Waals surface area contributed by atoms with Crippen LogP contribution in [0.4, 0.5) is 5.13 Å². The van der Waals surface area contributed by atoms with E-state index in [0.29, 0.717) is 22.5 Å². The SMILES string of the molecule is CCOC(=O)Cc1csc(NC(=O)Cn2cc(Cl)ccc2=O)n1. The van der Waals surface area contributed by atoms with E-state index in [1.807, 2.05) is 0 Å². The van der Waals surface area contributed by atoms with Gasteiger partial charge in [-0.05, 0) is 13.0 Å². The quantitative estimate of drug-likeness (QED) is 0.796. The molecule has 0 saturated heterocycles. The van der Waals surface area contributed by atoms with Gasteiger partial charge in [-0.3, -0.25) is 14.4 Å². The normalized spacial score (nSPS) is 10.3. The minimum atomic E-state index is -0.411. The van der Waals surface area contributed by atoms with Crippen LogP contribution in [0.2, 0.25) is 5.02 Å². The highest BCUT2D eigenvalue weighted by Gasteiger charge is 2.11. The molecule has 2 aromatic rings. The van der Waals surface area contributed by atoms with Gasteiger partial charge in [0.2, 0.25) is 5.91 Å². The highest BCUT2D eigenvalue weighted by atomic mass is 35.5. The van der Waals surface area contributed by atoms with E-state index in [2.05, 4.69) is 10.3 Å². The summed E-state index contributed by atoms with van der Waals surface area (Å²) in [6.45, 7) is 1.86. The molecule has 9 heteroatoms. The molecule has 2 rings (SSSR count). The number of nitrogens with one attached hydrogen (secondary N) is 1. The van der Waals surface area contributed by atoms with Crippen molar-refractivity contribution in [1.82, 2.24) is 9.55 Å². The Bertz CT molecular complexity index is 771. The second-order valence-electron chi connectivity index (χ2n) is 4.49. The van der Waals surface area contributed by atoms with Crippen LogP contribution in [0.3, 0.4) is 0 Å². The van der Waals surface area contributed by atoms with Gasteiger partial charge in [-0.1, -0.05) is 11.6 Å². The number of anilines is 1. The summed E-state index contributed by atoms with van der Waals surface area (Å²) in [6, 6.07) is 2.75. The Morgan fingerprint density at radius 1 is 1.43 bits per heavy atom. The molecule has 0 radical (unpaired) electrons. The van der Waals surface area contributed by atoms with Crippen LogP contribution >= 0.6 is 22.9 Å². The van der Waals surface area contributed by atoms with Crippen molar-refractivity contribution in [3.63, 3.8) is 0 Å². The first kappa shape index (κ1) is 17.2. The summed E-state index contributed by atoms with van der Waals surface area (Å²) >= 11 is 6.98. The molecule has 2 aromatic heterocycles. The highest BCUT2D eigenvalue weighted by Crippen LogP contribution is 2.16. The Balaban J connectivity index is 1.95. The van der Waals surface area contributed by atoms with Crippen molar-refractivity contribution >= 4 is 39.9 Å². The van der Waals surface area contributed by atoms with Crippen LogP contribution in [0, 0.1) is 0 Å². The lowest BCUT2D eigenvalue weighted by Gasteiger charge is -2.05. The second kappa shape index (κ2) is 7.89. The lowest BCUT2D eigenvalue weighted by molar-refractivity contribution is -0.142. The third kappa shape index (κ3) is 5.19. The molecule has 122 valence electrons. The zero-order valence-corrected chi connectivity index (χ0v) is 13.8. The van der Waals surface area contributed by atoms with Crippen molar-refractivity contribution in [1.29, 1.82) is 0 Å². The van der Waals surface area contributed by atoms with E-state index in [0.717, 1.165) is 0 Å². The summed E-state index contributed by atoms with van der Waals surface area (Å²) in [5, 5.41) is 4.96. The number of amides is 1. The standard InChI is InChI=1S/C14H14ClN3O4S/c1-2-22-13(21)5-10-8-23-14(16-10)17-11(19)7-18-6-9(15)3-4-12(18)20/h3-4,6,8H,2,5,7H2,1H3,(H,16,17,19). The number of halogens is 1. The Morgan fingerprint density at radius 3 is 2.96 bits per heavy atom. The van der Waals surface area contributed by atoms with Crippen molar-refractivity contribution in [2.45, 2.75) is 19.9 Å². The number of carbonyl (C=O) groups is 2. The van der Waals surface area contributed by atoms with E-state index in [4.69, 9.17) is 16.3 Å². The molecule has 0 aliphatic carbocycles. The molecule has 1 amide bonds. The van der Waals surface area contributed by atoms with E-state index in [-0.39, 0.29) is 24.5 Å². The molecule has 0 saturated carbocycles. The van der Waals surface area contributed by atoms with Gasteiger partial charge in [-0.25, -0.2) is 4.98 Å². The van der Waals surface area contributed by atoms with Gasteiger partial charge in [-0.15, -0.1) is 11.3 Å². The molecule has 0 unspecified atom stereocenters. The fourth-order valence-corrected chi connectivity index (χ4v) is 2.65. The molecule has 0 bridgehead atoms. The molecule has 0 aliphatic heterocycles. The summed E-state index contributed by atoms with van der Waals surface area (Å²) in [6.07, 6.45) is 1.44. The summed E-state index contributed by atoms with van der Waals surface area (Å²) < 4.78 is 6.03. The number of pyridine rings is 1. The molecule has 7 nitrogen and oxygen atoms in total. The predicted molar refractivity (Wildman–Crippen MR) is 86.8 cm³/mol. The number of hydrogen-bond acceptors (Lipinski definition) is 6. The number of esters is 1. The fourth-order valence-electron chi connectivity index (χ4n) is 1.74. The smallest absolute Gasteiger partial charge is 0.311 e. The lowest BCUT2D eigenvalue weighted by atomic mass is 10.3. The Hall–Kier alpha value is -2.19. The monoisotopic (exact) mass is 355 g/mol. The number of aromatic nitrogens is 2. The second-order valence-corrected chi connectivity index (χ2v) is 5.78.